The molecule has 0 saturated carbocycles. The van der Waals surface area contributed by atoms with Gasteiger partial charge in [-0.2, -0.15) is 0 Å². The van der Waals surface area contributed by atoms with Gasteiger partial charge in [-0.05, 0) is 41.7 Å². The van der Waals surface area contributed by atoms with E-state index in [2.05, 4.69) is 19.2 Å². The van der Waals surface area contributed by atoms with Gasteiger partial charge in [-0.3, -0.25) is 9.59 Å². The summed E-state index contributed by atoms with van der Waals surface area (Å²) in [6, 6.07) is 13.6. The number of rotatable bonds is 8. The molecule has 0 atom stereocenters. The van der Waals surface area contributed by atoms with Gasteiger partial charge in [0.25, 0.3) is 0 Å². The summed E-state index contributed by atoms with van der Waals surface area (Å²) < 4.78 is 5.16. The van der Waals surface area contributed by atoms with Crippen molar-refractivity contribution in [3.8, 4) is 5.75 Å². The molecule has 2 rings (SSSR count). The first kappa shape index (κ1) is 21.5. The molecule has 150 valence electrons. The van der Waals surface area contributed by atoms with E-state index in [4.69, 9.17) is 4.74 Å². The average Bonchev–Trinajstić information content (AvgIpc) is 2.66. The number of hydrogen-bond donors (Lipinski definition) is 1. The topological polar surface area (TPSA) is 58.6 Å². The Labute approximate surface area is 167 Å². The lowest BCUT2D eigenvalue weighted by Gasteiger charge is -2.22. The highest BCUT2D eigenvalue weighted by atomic mass is 16.5. The SMILES string of the molecule is COc1ccc(CN(CCC(=O)Nc2c(C)cccc2C(C)C)C(C)=O)cc1. The maximum atomic E-state index is 12.5. The fourth-order valence-electron chi connectivity index (χ4n) is 3.08. The normalized spacial score (nSPS) is 10.6. The number of carbonyl (C=O) groups excluding carboxylic acids is 2. The predicted molar refractivity (Wildman–Crippen MR) is 113 cm³/mol. The van der Waals surface area contributed by atoms with Crippen molar-refractivity contribution in [2.75, 3.05) is 19.0 Å². The van der Waals surface area contributed by atoms with Crippen molar-refractivity contribution in [2.24, 2.45) is 0 Å². The summed E-state index contributed by atoms with van der Waals surface area (Å²) in [5.41, 5.74) is 4.04. The smallest absolute Gasteiger partial charge is 0.226 e. The molecule has 0 saturated heterocycles. The minimum atomic E-state index is -0.0859. The maximum Gasteiger partial charge on any atom is 0.226 e. The number of nitrogens with zero attached hydrogens (tertiary/aromatic N) is 1. The molecule has 0 fully saturated rings. The predicted octanol–water partition coefficient (Wildman–Crippen LogP) is 4.50. The third kappa shape index (κ3) is 5.84. The Balaban J connectivity index is 2.00. The first-order valence-corrected chi connectivity index (χ1v) is 9.59. The highest BCUT2D eigenvalue weighted by Crippen LogP contribution is 2.27. The van der Waals surface area contributed by atoms with Gasteiger partial charge in [-0.15, -0.1) is 0 Å². The van der Waals surface area contributed by atoms with Crippen LogP contribution in [0.5, 0.6) is 5.75 Å². The van der Waals surface area contributed by atoms with E-state index in [1.807, 2.05) is 49.4 Å². The van der Waals surface area contributed by atoms with Crippen LogP contribution in [0.4, 0.5) is 5.69 Å². The zero-order valence-electron chi connectivity index (χ0n) is 17.4. The molecular weight excluding hydrogens is 352 g/mol. The van der Waals surface area contributed by atoms with Crippen LogP contribution in [0.1, 0.15) is 49.8 Å². The Morgan fingerprint density at radius 1 is 1.11 bits per heavy atom. The number of hydrogen-bond acceptors (Lipinski definition) is 3. The number of carbonyl (C=O) groups is 2. The monoisotopic (exact) mass is 382 g/mol. The van der Waals surface area contributed by atoms with E-state index in [0.717, 1.165) is 28.1 Å². The number of para-hydroxylation sites is 1. The number of anilines is 1. The van der Waals surface area contributed by atoms with Crippen LogP contribution in [-0.2, 0) is 16.1 Å². The van der Waals surface area contributed by atoms with E-state index >= 15 is 0 Å². The third-order valence-corrected chi connectivity index (χ3v) is 4.78. The lowest BCUT2D eigenvalue weighted by molar-refractivity contribution is -0.129. The first-order chi connectivity index (χ1) is 13.3. The molecule has 0 spiro atoms. The van der Waals surface area contributed by atoms with E-state index in [0.29, 0.717) is 19.0 Å². The second-order valence-electron chi connectivity index (χ2n) is 7.28. The van der Waals surface area contributed by atoms with Crippen molar-refractivity contribution in [3.63, 3.8) is 0 Å². The van der Waals surface area contributed by atoms with Gasteiger partial charge in [0.15, 0.2) is 0 Å². The van der Waals surface area contributed by atoms with Crippen molar-refractivity contribution >= 4 is 17.5 Å². The molecule has 0 aliphatic heterocycles. The minimum absolute atomic E-state index is 0.0534. The van der Waals surface area contributed by atoms with Crippen molar-refractivity contribution < 1.29 is 14.3 Å². The van der Waals surface area contributed by atoms with Crippen LogP contribution >= 0.6 is 0 Å². The molecule has 28 heavy (non-hydrogen) atoms. The molecule has 2 aromatic rings. The van der Waals surface area contributed by atoms with Gasteiger partial charge >= 0.3 is 0 Å². The fourth-order valence-corrected chi connectivity index (χ4v) is 3.08. The molecule has 0 aliphatic rings. The van der Waals surface area contributed by atoms with Crippen LogP contribution < -0.4 is 10.1 Å². The van der Waals surface area contributed by atoms with Gasteiger partial charge in [0.2, 0.25) is 11.8 Å². The Bertz CT molecular complexity index is 813. The molecule has 0 bridgehead atoms. The summed E-state index contributed by atoms with van der Waals surface area (Å²) in [5, 5.41) is 3.04. The molecule has 5 nitrogen and oxygen atoms in total. The second-order valence-corrected chi connectivity index (χ2v) is 7.28. The average molecular weight is 383 g/mol. The number of benzene rings is 2. The Hall–Kier alpha value is -2.82. The maximum absolute atomic E-state index is 12.5. The summed E-state index contributed by atoms with van der Waals surface area (Å²) in [6.07, 6.45) is 0.252. The molecule has 0 heterocycles. The zero-order valence-corrected chi connectivity index (χ0v) is 17.4. The Morgan fingerprint density at radius 2 is 1.79 bits per heavy atom. The van der Waals surface area contributed by atoms with E-state index in [-0.39, 0.29) is 18.2 Å². The summed E-state index contributed by atoms with van der Waals surface area (Å²) in [6.45, 7) is 8.57. The Morgan fingerprint density at radius 3 is 2.36 bits per heavy atom. The van der Waals surface area contributed by atoms with E-state index in [9.17, 15) is 9.59 Å². The van der Waals surface area contributed by atoms with Crippen LogP contribution in [0, 0.1) is 6.92 Å². The van der Waals surface area contributed by atoms with E-state index in [1.54, 1.807) is 12.0 Å². The largest absolute Gasteiger partial charge is 0.497 e. The van der Waals surface area contributed by atoms with Crippen LogP contribution in [0.25, 0.3) is 0 Å². The molecule has 5 heteroatoms. The summed E-state index contributed by atoms with van der Waals surface area (Å²) in [4.78, 5) is 26.2. The fraction of sp³-hybridized carbons (Fsp3) is 0.391. The van der Waals surface area contributed by atoms with Crippen LogP contribution in [0.2, 0.25) is 0 Å². The van der Waals surface area contributed by atoms with E-state index < -0.39 is 0 Å². The Kier molecular flexibility index (Phi) is 7.61. The second kappa shape index (κ2) is 9.93. The van der Waals surface area contributed by atoms with Gasteiger partial charge in [-0.25, -0.2) is 0 Å². The summed E-state index contributed by atoms with van der Waals surface area (Å²) in [5.74, 6) is 0.954. The lowest BCUT2D eigenvalue weighted by Crippen LogP contribution is -2.31. The van der Waals surface area contributed by atoms with Crippen molar-refractivity contribution in [1.82, 2.24) is 4.90 Å². The molecule has 0 radical (unpaired) electrons. The molecule has 0 aliphatic carbocycles. The minimum Gasteiger partial charge on any atom is -0.497 e. The molecule has 2 aromatic carbocycles. The van der Waals surface area contributed by atoms with Gasteiger partial charge in [0.05, 0.1) is 7.11 Å². The zero-order chi connectivity index (χ0) is 20.7. The molecule has 2 amide bonds. The number of ether oxygens (including phenoxy) is 1. The number of nitrogens with one attached hydrogen (secondary N) is 1. The van der Waals surface area contributed by atoms with Gasteiger partial charge in [0.1, 0.15) is 5.75 Å². The van der Waals surface area contributed by atoms with Gasteiger partial charge in [-0.1, -0.05) is 44.2 Å². The lowest BCUT2D eigenvalue weighted by atomic mass is 9.98. The number of aryl methyl sites for hydroxylation is 1. The highest BCUT2D eigenvalue weighted by Gasteiger charge is 2.15. The summed E-state index contributed by atoms with van der Waals surface area (Å²) in [7, 11) is 1.62. The van der Waals surface area contributed by atoms with E-state index in [1.165, 1.54) is 6.92 Å². The number of amides is 2. The van der Waals surface area contributed by atoms with Crippen LogP contribution in [-0.4, -0.2) is 30.4 Å². The first-order valence-electron chi connectivity index (χ1n) is 9.59. The molecule has 0 unspecified atom stereocenters. The molecule has 1 N–H and O–H groups in total. The van der Waals surface area contributed by atoms with Gasteiger partial charge < -0.3 is 15.0 Å². The highest BCUT2D eigenvalue weighted by molar-refractivity contribution is 5.92. The quantitative estimate of drug-likeness (QED) is 0.731. The third-order valence-electron chi connectivity index (χ3n) is 4.78. The summed E-state index contributed by atoms with van der Waals surface area (Å²) >= 11 is 0. The molecule has 0 aromatic heterocycles. The molecular formula is C23H30N2O3. The van der Waals surface area contributed by atoms with Crippen LogP contribution in [0.3, 0.4) is 0 Å². The van der Waals surface area contributed by atoms with Gasteiger partial charge in [0, 0.05) is 32.1 Å². The van der Waals surface area contributed by atoms with Crippen molar-refractivity contribution in [3.05, 3.63) is 59.2 Å². The number of methoxy groups -OCH3 is 1. The van der Waals surface area contributed by atoms with Crippen molar-refractivity contribution in [2.45, 2.75) is 46.6 Å². The van der Waals surface area contributed by atoms with Crippen LogP contribution in [0.15, 0.2) is 42.5 Å². The van der Waals surface area contributed by atoms with Crippen molar-refractivity contribution in [1.29, 1.82) is 0 Å². The standard InChI is InChI=1S/C23H30N2O3/c1-16(2)21-8-6-7-17(3)23(21)24-22(27)13-14-25(18(4)26)15-19-9-11-20(28-5)12-10-19/h6-12,16H,13-15H2,1-5H3,(H,24,27).